The maximum atomic E-state index is 13.9. The summed E-state index contributed by atoms with van der Waals surface area (Å²) in [5.41, 5.74) is 2.30. The second-order valence-electron chi connectivity index (χ2n) is 7.45. The number of amides is 1. The quantitative estimate of drug-likeness (QED) is 0.718. The number of aryl methyl sites for hydroxylation is 2. The summed E-state index contributed by atoms with van der Waals surface area (Å²) < 4.78 is 39.7. The Kier molecular flexibility index (Phi) is 6.80. The SMILES string of the molecule is CCc1cccc(NC(=O)c2c(C)nc(S(C)=O)nc2N2CCCC(F)(F)CC2)c1. The highest BCUT2D eigenvalue weighted by Crippen LogP contribution is 2.31. The van der Waals surface area contributed by atoms with E-state index in [2.05, 4.69) is 15.3 Å². The van der Waals surface area contributed by atoms with Crippen molar-refractivity contribution in [2.24, 2.45) is 0 Å². The van der Waals surface area contributed by atoms with Gasteiger partial charge in [-0.3, -0.25) is 9.00 Å². The lowest BCUT2D eigenvalue weighted by Gasteiger charge is -2.25. The Morgan fingerprint density at radius 3 is 2.73 bits per heavy atom. The molecule has 0 saturated carbocycles. The Labute approximate surface area is 177 Å². The second kappa shape index (κ2) is 9.16. The van der Waals surface area contributed by atoms with Gasteiger partial charge in [0.05, 0.1) is 16.5 Å². The van der Waals surface area contributed by atoms with Crippen molar-refractivity contribution in [3.05, 3.63) is 41.1 Å². The van der Waals surface area contributed by atoms with Gasteiger partial charge in [-0.25, -0.2) is 18.7 Å². The minimum Gasteiger partial charge on any atom is -0.356 e. The van der Waals surface area contributed by atoms with Crippen LogP contribution in [0.15, 0.2) is 29.4 Å². The Bertz CT molecular complexity index is 968. The van der Waals surface area contributed by atoms with Gasteiger partial charge in [-0.05, 0) is 37.5 Å². The highest BCUT2D eigenvalue weighted by Gasteiger charge is 2.34. The molecule has 0 spiro atoms. The highest BCUT2D eigenvalue weighted by molar-refractivity contribution is 7.84. The van der Waals surface area contributed by atoms with Gasteiger partial charge < -0.3 is 10.2 Å². The first-order valence-electron chi connectivity index (χ1n) is 9.95. The lowest BCUT2D eigenvalue weighted by Crippen LogP contribution is -2.30. The van der Waals surface area contributed by atoms with E-state index in [-0.39, 0.29) is 42.3 Å². The summed E-state index contributed by atoms with van der Waals surface area (Å²) in [6, 6.07) is 7.50. The lowest BCUT2D eigenvalue weighted by atomic mass is 10.1. The van der Waals surface area contributed by atoms with Crippen molar-refractivity contribution in [3.8, 4) is 0 Å². The van der Waals surface area contributed by atoms with Crippen molar-refractivity contribution in [3.63, 3.8) is 0 Å². The molecule has 1 saturated heterocycles. The topological polar surface area (TPSA) is 75.2 Å². The molecule has 2 heterocycles. The van der Waals surface area contributed by atoms with Crippen LogP contribution in [0, 0.1) is 6.92 Å². The first-order chi connectivity index (χ1) is 14.2. The average molecular weight is 437 g/mol. The third kappa shape index (κ3) is 5.19. The monoisotopic (exact) mass is 436 g/mol. The molecule has 2 aromatic rings. The number of nitrogens with one attached hydrogen (secondary N) is 1. The van der Waals surface area contributed by atoms with E-state index in [0.29, 0.717) is 17.9 Å². The molecule has 1 atom stereocenters. The smallest absolute Gasteiger partial charge is 0.261 e. The summed E-state index contributed by atoms with van der Waals surface area (Å²) in [5, 5.41) is 2.95. The van der Waals surface area contributed by atoms with Crippen LogP contribution < -0.4 is 10.2 Å². The number of hydrogen-bond donors (Lipinski definition) is 1. The van der Waals surface area contributed by atoms with Crippen LogP contribution in [0.25, 0.3) is 0 Å². The third-order valence-electron chi connectivity index (χ3n) is 5.15. The Morgan fingerprint density at radius 1 is 1.27 bits per heavy atom. The van der Waals surface area contributed by atoms with Crippen molar-refractivity contribution in [2.75, 3.05) is 29.6 Å². The molecular weight excluding hydrogens is 410 g/mol. The van der Waals surface area contributed by atoms with Gasteiger partial charge in [-0.2, -0.15) is 0 Å². The fourth-order valence-electron chi connectivity index (χ4n) is 3.49. The summed E-state index contributed by atoms with van der Waals surface area (Å²) in [7, 11) is -1.47. The van der Waals surface area contributed by atoms with E-state index in [1.165, 1.54) is 6.26 Å². The van der Waals surface area contributed by atoms with Crippen LogP contribution in [-0.4, -0.2) is 45.4 Å². The molecule has 162 valence electrons. The predicted molar refractivity (Wildman–Crippen MR) is 114 cm³/mol. The molecule has 1 aromatic carbocycles. The minimum atomic E-state index is -2.74. The number of rotatable bonds is 5. The Morgan fingerprint density at radius 2 is 2.03 bits per heavy atom. The van der Waals surface area contributed by atoms with E-state index < -0.39 is 22.6 Å². The van der Waals surface area contributed by atoms with Gasteiger partial charge in [-0.1, -0.05) is 19.1 Å². The van der Waals surface area contributed by atoms with Crippen LogP contribution in [0.2, 0.25) is 0 Å². The van der Waals surface area contributed by atoms with E-state index in [9.17, 15) is 17.8 Å². The molecule has 1 amide bonds. The molecule has 1 fully saturated rings. The fourth-order valence-corrected chi connectivity index (χ4v) is 3.97. The summed E-state index contributed by atoms with van der Waals surface area (Å²) >= 11 is 0. The van der Waals surface area contributed by atoms with Gasteiger partial charge in [-0.15, -0.1) is 0 Å². The van der Waals surface area contributed by atoms with Gasteiger partial charge >= 0.3 is 0 Å². The zero-order chi connectivity index (χ0) is 21.9. The van der Waals surface area contributed by atoms with Crippen LogP contribution in [0.1, 0.15) is 47.8 Å². The number of aromatic nitrogens is 2. The summed E-state index contributed by atoms with van der Waals surface area (Å²) in [6.45, 7) is 4.07. The summed E-state index contributed by atoms with van der Waals surface area (Å²) in [5.74, 6) is -2.90. The average Bonchev–Trinajstić information content (AvgIpc) is 2.87. The summed E-state index contributed by atoms with van der Waals surface area (Å²) in [6.07, 6.45) is 2.03. The molecule has 6 nitrogen and oxygen atoms in total. The number of carbonyl (C=O) groups excluding carboxylic acids is 1. The standard InChI is InChI=1S/C21H26F2N4O2S/c1-4-15-7-5-8-16(13-15)25-19(28)17-14(2)24-20(30(3)29)26-18(17)27-11-6-9-21(22,23)10-12-27/h5,7-8,13H,4,6,9-12H2,1-3H3,(H,25,28). The molecule has 1 aromatic heterocycles. The summed E-state index contributed by atoms with van der Waals surface area (Å²) in [4.78, 5) is 23.4. The number of halogens is 2. The first-order valence-corrected chi connectivity index (χ1v) is 11.5. The molecule has 0 bridgehead atoms. The van der Waals surface area contributed by atoms with Gasteiger partial charge in [0.25, 0.3) is 5.91 Å². The minimum absolute atomic E-state index is 0.0604. The predicted octanol–water partition coefficient (Wildman–Crippen LogP) is 3.96. The molecular formula is C21H26F2N4O2S. The number of anilines is 2. The van der Waals surface area contributed by atoms with Crippen LogP contribution in [0.5, 0.6) is 0 Å². The number of nitrogens with zero attached hydrogens (tertiary/aromatic N) is 3. The van der Waals surface area contributed by atoms with E-state index in [4.69, 9.17) is 0 Å². The molecule has 1 unspecified atom stereocenters. The molecule has 1 aliphatic heterocycles. The zero-order valence-corrected chi connectivity index (χ0v) is 18.2. The Balaban J connectivity index is 1.99. The van der Waals surface area contributed by atoms with Gasteiger partial charge in [0.15, 0.2) is 0 Å². The van der Waals surface area contributed by atoms with Gasteiger partial charge in [0.1, 0.15) is 11.4 Å². The molecule has 3 rings (SSSR count). The fraction of sp³-hybridized carbons (Fsp3) is 0.476. The molecule has 1 N–H and O–H groups in total. The lowest BCUT2D eigenvalue weighted by molar-refractivity contribution is -0.0102. The maximum Gasteiger partial charge on any atom is 0.261 e. The molecule has 30 heavy (non-hydrogen) atoms. The first kappa shape index (κ1) is 22.3. The molecule has 9 heteroatoms. The Hall–Kier alpha value is -2.42. The molecule has 1 aliphatic rings. The van der Waals surface area contributed by atoms with Crippen molar-refractivity contribution < 1.29 is 17.8 Å². The van der Waals surface area contributed by atoms with Crippen LogP contribution in [0.4, 0.5) is 20.3 Å². The molecule has 0 radical (unpaired) electrons. The molecule has 0 aliphatic carbocycles. The van der Waals surface area contributed by atoms with E-state index in [0.717, 1.165) is 12.0 Å². The van der Waals surface area contributed by atoms with Crippen LogP contribution in [0.3, 0.4) is 0 Å². The number of benzene rings is 1. The second-order valence-corrected chi connectivity index (χ2v) is 8.72. The normalized spacial score (nSPS) is 17.3. The van der Waals surface area contributed by atoms with Crippen molar-refractivity contribution in [1.29, 1.82) is 0 Å². The maximum absolute atomic E-state index is 13.9. The van der Waals surface area contributed by atoms with Gasteiger partial charge in [0.2, 0.25) is 11.1 Å². The number of hydrogen-bond acceptors (Lipinski definition) is 5. The number of alkyl halides is 2. The zero-order valence-electron chi connectivity index (χ0n) is 17.4. The van der Waals surface area contributed by atoms with Crippen LogP contribution in [-0.2, 0) is 17.2 Å². The van der Waals surface area contributed by atoms with E-state index >= 15 is 0 Å². The van der Waals surface area contributed by atoms with Crippen molar-refractivity contribution >= 4 is 28.2 Å². The van der Waals surface area contributed by atoms with E-state index in [1.54, 1.807) is 17.9 Å². The highest BCUT2D eigenvalue weighted by atomic mass is 32.2. The van der Waals surface area contributed by atoms with Gasteiger partial charge in [0, 0.05) is 37.9 Å². The largest absolute Gasteiger partial charge is 0.356 e. The van der Waals surface area contributed by atoms with Crippen molar-refractivity contribution in [2.45, 2.75) is 50.6 Å². The van der Waals surface area contributed by atoms with Crippen LogP contribution >= 0.6 is 0 Å². The third-order valence-corrected chi connectivity index (χ3v) is 5.84. The number of carbonyl (C=O) groups is 1. The van der Waals surface area contributed by atoms with Crippen molar-refractivity contribution in [1.82, 2.24) is 9.97 Å². The van der Waals surface area contributed by atoms with E-state index in [1.807, 2.05) is 25.1 Å².